The first-order valence-electron chi connectivity index (χ1n) is 6.79. The van der Waals surface area contributed by atoms with E-state index in [9.17, 15) is 9.59 Å². The van der Waals surface area contributed by atoms with E-state index in [2.05, 4.69) is 21.1 Å². The smallest absolute Gasteiger partial charge is 0.248 e. The fourth-order valence-electron chi connectivity index (χ4n) is 1.99. The first kappa shape index (κ1) is 14.9. The maximum absolute atomic E-state index is 11.7. The van der Waals surface area contributed by atoms with E-state index in [1.165, 1.54) is 5.56 Å². The minimum absolute atomic E-state index is 0.150. The monoisotopic (exact) mass is 286 g/mol. The molecule has 0 saturated carbocycles. The highest BCUT2D eigenvalue weighted by Crippen LogP contribution is 2.13. The Kier molecular flexibility index (Phi) is 4.81. The number of benzene rings is 1. The van der Waals surface area contributed by atoms with Gasteiger partial charge in [0.25, 0.3) is 0 Å². The molecule has 0 aliphatic carbocycles. The van der Waals surface area contributed by atoms with Crippen molar-refractivity contribution in [2.75, 3.05) is 0 Å². The number of carbonyl (C=O) groups excluding carboxylic acids is 2. The topological polar surface area (TPSA) is 82.9 Å². The van der Waals surface area contributed by atoms with Crippen LogP contribution in [0.1, 0.15) is 30.9 Å². The van der Waals surface area contributed by atoms with E-state index in [0.717, 1.165) is 11.3 Å². The third kappa shape index (κ3) is 4.24. The second-order valence-electron chi connectivity index (χ2n) is 5.02. The van der Waals surface area contributed by atoms with Crippen molar-refractivity contribution in [3.8, 4) is 0 Å². The van der Waals surface area contributed by atoms with Crippen molar-refractivity contribution in [1.82, 2.24) is 10.9 Å². The van der Waals surface area contributed by atoms with Crippen LogP contribution in [0.15, 0.2) is 34.5 Å². The van der Waals surface area contributed by atoms with Gasteiger partial charge in [0.2, 0.25) is 11.8 Å². The van der Waals surface area contributed by atoms with Gasteiger partial charge in [-0.15, -0.1) is 0 Å². The first-order chi connectivity index (χ1) is 10.1. The van der Waals surface area contributed by atoms with Gasteiger partial charge in [-0.05, 0) is 25.8 Å². The van der Waals surface area contributed by atoms with Crippen LogP contribution in [0.4, 0.5) is 0 Å². The van der Waals surface area contributed by atoms with Gasteiger partial charge in [-0.2, -0.15) is 10.2 Å². The molecule has 21 heavy (non-hydrogen) atoms. The Morgan fingerprint density at radius 3 is 2.71 bits per heavy atom. The van der Waals surface area contributed by atoms with Crippen LogP contribution >= 0.6 is 0 Å². The van der Waals surface area contributed by atoms with Crippen molar-refractivity contribution in [1.29, 1.82) is 0 Å². The average molecular weight is 286 g/mol. The van der Waals surface area contributed by atoms with Crippen molar-refractivity contribution in [2.45, 2.75) is 26.7 Å². The molecule has 0 aromatic heterocycles. The van der Waals surface area contributed by atoms with Crippen LogP contribution in [0, 0.1) is 12.8 Å². The molecule has 0 bridgehead atoms. The van der Waals surface area contributed by atoms with Crippen LogP contribution in [0.5, 0.6) is 0 Å². The van der Waals surface area contributed by atoms with Gasteiger partial charge in [0, 0.05) is 12.1 Å². The van der Waals surface area contributed by atoms with Crippen LogP contribution in [0.25, 0.3) is 0 Å². The summed E-state index contributed by atoms with van der Waals surface area (Å²) >= 11 is 0. The Balaban J connectivity index is 1.76. The van der Waals surface area contributed by atoms with E-state index >= 15 is 0 Å². The molecule has 110 valence electrons. The van der Waals surface area contributed by atoms with Gasteiger partial charge in [-0.25, -0.2) is 10.9 Å². The van der Waals surface area contributed by atoms with Crippen LogP contribution < -0.4 is 10.9 Å². The summed E-state index contributed by atoms with van der Waals surface area (Å²) in [5.74, 6) is -0.675. The second kappa shape index (κ2) is 6.78. The van der Waals surface area contributed by atoms with Crippen molar-refractivity contribution in [3.63, 3.8) is 0 Å². The van der Waals surface area contributed by atoms with E-state index in [4.69, 9.17) is 0 Å². The van der Waals surface area contributed by atoms with Crippen molar-refractivity contribution < 1.29 is 9.59 Å². The van der Waals surface area contributed by atoms with Crippen molar-refractivity contribution in [2.24, 2.45) is 16.1 Å². The van der Waals surface area contributed by atoms with Gasteiger partial charge in [0.15, 0.2) is 0 Å². The minimum atomic E-state index is -0.308. The number of carbonyl (C=O) groups is 2. The van der Waals surface area contributed by atoms with Crippen molar-refractivity contribution in [3.05, 3.63) is 35.4 Å². The van der Waals surface area contributed by atoms with Gasteiger partial charge < -0.3 is 0 Å². The van der Waals surface area contributed by atoms with Crippen LogP contribution in [0.3, 0.4) is 0 Å². The molecule has 1 aromatic carbocycles. The van der Waals surface area contributed by atoms with Gasteiger partial charge in [0.05, 0.1) is 12.1 Å². The molecule has 1 aliphatic heterocycles. The number of nitrogens with one attached hydrogen (secondary N) is 2. The molecule has 2 rings (SSSR count). The Bertz CT molecular complexity index is 590. The van der Waals surface area contributed by atoms with Crippen LogP contribution in [-0.4, -0.2) is 23.7 Å². The lowest BCUT2D eigenvalue weighted by molar-refractivity contribution is -0.123. The molecular weight excluding hydrogens is 268 g/mol. The maximum Gasteiger partial charge on any atom is 0.248 e. The third-order valence-electron chi connectivity index (χ3n) is 3.30. The summed E-state index contributed by atoms with van der Waals surface area (Å²) < 4.78 is 0. The summed E-state index contributed by atoms with van der Waals surface area (Å²) in [6.45, 7) is 3.78. The first-order valence-corrected chi connectivity index (χ1v) is 6.79. The fourth-order valence-corrected chi connectivity index (χ4v) is 1.99. The lowest BCUT2D eigenvalue weighted by Gasteiger charge is -2.06. The molecule has 0 radical (unpaired) electrons. The SMILES string of the molecule is CC1=NNC(=O)[C@@H]1CCC(=O)N/N=C\c1ccc(C)cc1. The van der Waals surface area contributed by atoms with Gasteiger partial charge in [0.1, 0.15) is 0 Å². The van der Waals surface area contributed by atoms with Crippen LogP contribution in [-0.2, 0) is 9.59 Å². The number of hydrogen-bond acceptors (Lipinski definition) is 4. The highest BCUT2D eigenvalue weighted by atomic mass is 16.2. The molecule has 6 nitrogen and oxygen atoms in total. The molecule has 1 heterocycles. The normalized spacial score (nSPS) is 17.7. The molecule has 2 amide bonds. The highest BCUT2D eigenvalue weighted by Gasteiger charge is 2.26. The molecular formula is C15H18N4O2. The number of hydrazone groups is 2. The van der Waals surface area contributed by atoms with Gasteiger partial charge in [-0.1, -0.05) is 29.8 Å². The van der Waals surface area contributed by atoms with Crippen molar-refractivity contribution >= 4 is 23.7 Å². The predicted molar refractivity (Wildman–Crippen MR) is 80.9 cm³/mol. The molecule has 0 unspecified atom stereocenters. The number of hydrogen-bond donors (Lipinski definition) is 2. The Morgan fingerprint density at radius 2 is 2.10 bits per heavy atom. The quantitative estimate of drug-likeness (QED) is 0.632. The summed E-state index contributed by atoms with van der Waals surface area (Å²) in [6, 6.07) is 7.80. The molecule has 1 aliphatic rings. The summed E-state index contributed by atoms with van der Waals surface area (Å²) in [6.07, 6.45) is 2.26. The van der Waals surface area contributed by atoms with E-state index in [1.54, 1.807) is 13.1 Å². The summed E-state index contributed by atoms with van der Waals surface area (Å²) in [7, 11) is 0. The molecule has 1 aromatic rings. The number of amides is 2. The fraction of sp³-hybridized carbons (Fsp3) is 0.333. The number of aryl methyl sites for hydroxylation is 1. The second-order valence-corrected chi connectivity index (χ2v) is 5.02. The summed E-state index contributed by atoms with van der Waals surface area (Å²) in [5, 5.41) is 7.74. The lowest BCUT2D eigenvalue weighted by atomic mass is 9.99. The lowest BCUT2D eigenvalue weighted by Crippen LogP contribution is -2.25. The Labute approximate surface area is 123 Å². The predicted octanol–water partition coefficient (Wildman–Crippen LogP) is 1.35. The molecule has 1 atom stereocenters. The molecule has 0 spiro atoms. The van der Waals surface area contributed by atoms with Crippen LogP contribution in [0.2, 0.25) is 0 Å². The zero-order chi connectivity index (χ0) is 15.2. The molecule has 6 heteroatoms. The van der Waals surface area contributed by atoms with E-state index in [-0.39, 0.29) is 24.2 Å². The number of rotatable bonds is 5. The number of nitrogens with zero attached hydrogens (tertiary/aromatic N) is 2. The zero-order valence-corrected chi connectivity index (χ0v) is 12.1. The van der Waals surface area contributed by atoms with Gasteiger partial charge >= 0.3 is 0 Å². The maximum atomic E-state index is 11.7. The van der Waals surface area contributed by atoms with E-state index < -0.39 is 0 Å². The Morgan fingerprint density at radius 1 is 1.38 bits per heavy atom. The molecule has 2 N–H and O–H groups in total. The largest absolute Gasteiger partial charge is 0.273 e. The minimum Gasteiger partial charge on any atom is -0.273 e. The molecule has 0 saturated heterocycles. The third-order valence-corrected chi connectivity index (χ3v) is 3.30. The Hall–Kier alpha value is -2.50. The van der Waals surface area contributed by atoms with E-state index in [1.807, 2.05) is 31.2 Å². The molecule has 0 fully saturated rings. The average Bonchev–Trinajstić information content (AvgIpc) is 2.78. The van der Waals surface area contributed by atoms with Gasteiger partial charge in [-0.3, -0.25) is 9.59 Å². The zero-order valence-electron chi connectivity index (χ0n) is 12.1. The highest BCUT2D eigenvalue weighted by molar-refractivity contribution is 6.07. The van der Waals surface area contributed by atoms with E-state index in [0.29, 0.717) is 6.42 Å². The summed E-state index contributed by atoms with van der Waals surface area (Å²) in [4.78, 5) is 23.1. The standard InChI is InChI=1S/C15H18N4O2/c1-10-3-5-12(6-4-10)9-16-18-14(20)8-7-13-11(2)17-19-15(13)21/h3-6,9,13H,7-8H2,1-2H3,(H,18,20)(H,19,21)/b16-9-/t13-/m1/s1. The summed E-state index contributed by atoms with van der Waals surface area (Å²) in [5.41, 5.74) is 7.66.